The molecule has 2 aliphatic carbocycles. The molecule has 0 spiro atoms. The summed E-state index contributed by atoms with van der Waals surface area (Å²) >= 11 is 0. The highest BCUT2D eigenvalue weighted by atomic mass is 16.5. The molecule has 0 aromatic heterocycles. The van der Waals surface area contributed by atoms with E-state index in [1.165, 1.54) is 16.7 Å². The average Bonchev–Trinajstić information content (AvgIpc) is 3.23. The summed E-state index contributed by atoms with van der Waals surface area (Å²) in [7, 11) is 0. The Hall–Kier alpha value is -5.64. The Labute approximate surface area is 336 Å². The lowest BCUT2D eigenvalue weighted by Gasteiger charge is -2.20. The maximum absolute atomic E-state index is 12.9. The fourth-order valence-corrected chi connectivity index (χ4v) is 6.18. The van der Waals surface area contributed by atoms with Crippen LogP contribution < -0.4 is 14.2 Å². The van der Waals surface area contributed by atoms with E-state index in [0.717, 1.165) is 81.8 Å². The standard InChI is InChI=1S/C47H56O10/c1-4-6-7-10-31-55-45(49)34-35(3)46(50)56-33-12-32-54-41-24-22-39(23-25-41)37-16-14-36(15-17-37)38-18-20-40(21-19-38)47(51)57-43-28-26-42(27-29-43)53-30-11-8-9-13-44(48)52-5-2/h5,14,16,18,20,22-29H,2-4,6-13,15,17,19,21,30-34H2,1H3. The van der Waals surface area contributed by atoms with Gasteiger partial charge in [0.05, 0.1) is 39.1 Å². The number of ether oxygens (including phenoxy) is 6. The van der Waals surface area contributed by atoms with E-state index in [0.29, 0.717) is 56.2 Å². The fourth-order valence-electron chi connectivity index (χ4n) is 6.18. The van der Waals surface area contributed by atoms with Crippen LogP contribution in [0.4, 0.5) is 0 Å². The SMILES string of the molecule is C=COC(=O)CCCCCOc1ccc(OC(=O)C2=CC=C(C3=CC=C(c4ccc(OCCCOC(=O)C(=C)CC(=O)OCCCCCC)cc4)CC3)CC2)cc1. The lowest BCUT2D eigenvalue weighted by atomic mass is 9.86. The fraction of sp³-hybridized carbons (Fsp3) is 0.404. The van der Waals surface area contributed by atoms with Crippen molar-refractivity contribution in [3.05, 3.63) is 120 Å². The van der Waals surface area contributed by atoms with Crippen LogP contribution in [0.5, 0.6) is 17.2 Å². The molecular formula is C47H56O10. The number of benzene rings is 2. The second-order valence-electron chi connectivity index (χ2n) is 13.9. The number of unbranched alkanes of at least 4 members (excludes halogenated alkanes) is 5. The van der Waals surface area contributed by atoms with E-state index >= 15 is 0 Å². The van der Waals surface area contributed by atoms with Crippen LogP contribution in [0.25, 0.3) is 5.57 Å². The van der Waals surface area contributed by atoms with Gasteiger partial charge in [-0.2, -0.15) is 0 Å². The Morgan fingerprint density at radius 2 is 1.19 bits per heavy atom. The van der Waals surface area contributed by atoms with E-state index in [1.807, 2.05) is 36.4 Å². The Bertz CT molecular complexity index is 1790. The van der Waals surface area contributed by atoms with Crippen LogP contribution in [0.15, 0.2) is 115 Å². The molecule has 0 N–H and O–H groups in total. The molecular weight excluding hydrogens is 725 g/mol. The van der Waals surface area contributed by atoms with E-state index < -0.39 is 11.9 Å². The molecule has 0 unspecified atom stereocenters. The first-order valence-corrected chi connectivity index (χ1v) is 20.0. The summed E-state index contributed by atoms with van der Waals surface area (Å²) < 4.78 is 32.3. The first-order valence-electron chi connectivity index (χ1n) is 20.0. The van der Waals surface area contributed by atoms with Crippen molar-refractivity contribution in [1.29, 1.82) is 0 Å². The van der Waals surface area contributed by atoms with Crippen molar-refractivity contribution >= 4 is 29.5 Å². The number of rotatable bonds is 25. The third-order valence-electron chi connectivity index (χ3n) is 9.44. The molecule has 0 aliphatic heterocycles. The molecule has 10 nitrogen and oxygen atoms in total. The second-order valence-corrected chi connectivity index (χ2v) is 13.9. The maximum atomic E-state index is 12.9. The summed E-state index contributed by atoms with van der Waals surface area (Å²) in [6.07, 6.45) is 19.7. The highest BCUT2D eigenvalue weighted by molar-refractivity contribution is 5.93. The van der Waals surface area contributed by atoms with Crippen molar-refractivity contribution in [2.24, 2.45) is 0 Å². The molecule has 2 aromatic carbocycles. The summed E-state index contributed by atoms with van der Waals surface area (Å²) in [4.78, 5) is 48.3. The maximum Gasteiger partial charge on any atom is 0.339 e. The van der Waals surface area contributed by atoms with Gasteiger partial charge < -0.3 is 28.4 Å². The molecule has 57 heavy (non-hydrogen) atoms. The van der Waals surface area contributed by atoms with E-state index in [9.17, 15) is 19.2 Å². The number of hydrogen-bond donors (Lipinski definition) is 0. The zero-order valence-corrected chi connectivity index (χ0v) is 33.2. The van der Waals surface area contributed by atoms with E-state index in [1.54, 1.807) is 24.3 Å². The van der Waals surface area contributed by atoms with Crippen LogP contribution in [0.2, 0.25) is 0 Å². The Balaban J connectivity index is 1.12. The third-order valence-corrected chi connectivity index (χ3v) is 9.44. The monoisotopic (exact) mass is 780 g/mol. The van der Waals surface area contributed by atoms with Gasteiger partial charge >= 0.3 is 23.9 Å². The molecule has 0 saturated carbocycles. The molecule has 0 atom stereocenters. The zero-order valence-electron chi connectivity index (χ0n) is 33.2. The molecule has 0 fully saturated rings. The minimum absolute atomic E-state index is 0.0849. The van der Waals surface area contributed by atoms with Crippen molar-refractivity contribution < 1.29 is 47.6 Å². The van der Waals surface area contributed by atoms with Gasteiger partial charge in [0.25, 0.3) is 0 Å². The summed E-state index contributed by atoms with van der Waals surface area (Å²) in [5.41, 5.74) is 5.60. The minimum atomic E-state index is -0.598. The van der Waals surface area contributed by atoms with E-state index in [4.69, 9.17) is 28.4 Å². The van der Waals surface area contributed by atoms with Gasteiger partial charge in [-0.15, -0.1) is 0 Å². The van der Waals surface area contributed by atoms with Gasteiger partial charge in [-0.25, -0.2) is 9.59 Å². The van der Waals surface area contributed by atoms with E-state index in [-0.39, 0.29) is 30.5 Å². The van der Waals surface area contributed by atoms with Crippen LogP contribution in [-0.4, -0.2) is 50.3 Å². The lowest BCUT2D eigenvalue weighted by Crippen LogP contribution is -2.15. The van der Waals surface area contributed by atoms with Gasteiger partial charge in [0.2, 0.25) is 0 Å². The molecule has 0 amide bonds. The first kappa shape index (κ1) is 44.1. The Morgan fingerprint density at radius 1 is 0.614 bits per heavy atom. The van der Waals surface area contributed by atoms with Crippen molar-refractivity contribution in [2.75, 3.05) is 26.4 Å². The van der Waals surface area contributed by atoms with Crippen LogP contribution in [0, 0.1) is 0 Å². The highest BCUT2D eigenvalue weighted by Crippen LogP contribution is 2.34. The molecule has 0 heterocycles. The van der Waals surface area contributed by atoms with Gasteiger partial charge in [-0.3, -0.25) is 9.59 Å². The Kier molecular flexibility index (Phi) is 19.2. The quantitative estimate of drug-likeness (QED) is 0.0240. The predicted molar refractivity (Wildman–Crippen MR) is 219 cm³/mol. The molecule has 304 valence electrons. The smallest absolute Gasteiger partial charge is 0.339 e. The molecule has 0 saturated heterocycles. The first-order chi connectivity index (χ1) is 27.7. The molecule has 2 aromatic rings. The molecule has 2 aliphatic rings. The number of allylic oxidation sites excluding steroid dienone is 7. The van der Waals surface area contributed by atoms with Gasteiger partial charge in [-0.05, 0) is 110 Å². The normalized spacial score (nSPS) is 13.5. The number of carbonyl (C=O) groups is 4. The average molecular weight is 781 g/mol. The Morgan fingerprint density at radius 3 is 1.84 bits per heavy atom. The van der Waals surface area contributed by atoms with Crippen molar-refractivity contribution in [3.8, 4) is 17.2 Å². The summed E-state index contributed by atoms with van der Waals surface area (Å²) in [5.74, 6) is 0.189. The third kappa shape index (κ3) is 16.2. The highest BCUT2D eigenvalue weighted by Gasteiger charge is 2.19. The molecule has 0 bridgehead atoms. The largest absolute Gasteiger partial charge is 0.494 e. The minimum Gasteiger partial charge on any atom is -0.494 e. The molecule has 4 rings (SSSR count). The van der Waals surface area contributed by atoms with Crippen molar-refractivity contribution in [1.82, 2.24) is 0 Å². The second kappa shape index (κ2) is 24.8. The summed E-state index contributed by atoms with van der Waals surface area (Å²) in [6, 6.07) is 15.0. The van der Waals surface area contributed by atoms with Crippen molar-refractivity contribution in [3.63, 3.8) is 0 Å². The number of hydrogen-bond acceptors (Lipinski definition) is 10. The van der Waals surface area contributed by atoms with E-state index in [2.05, 4.69) is 32.2 Å². The topological polar surface area (TPSA) is 124 Å². The lowest BCUT2D eigenvalue weighted by molar-refractivity contribution is -0.146. The molecule has 0 radical (unpaired) electrons. The number of carbonyl (C=O) groups excluding carboxylic acids is 4. The van der Waals surface area contributed by atoms with Gasteiger partial charge in [0, 0.05) is 24.0 Å². The van der Waals surface area contributed by atoms with Gasteiger partial charge in [0.1, 0.15) is 17.2 Å². The van der Waals surface area contributed by atoms with Gasteiger partial charge in [0.15, 0.2) is 0 Å². The van der Waals surface area contributed by atoms with Crippen LogP contribution in [0.1, 0.15) is 102 Å². The molecule has 10 heteroatoms. The van der Waals surface area contributed by atoms with Crippen LogP contribution in [0.3, 0.4) is 0 Å². The van der Waals surface area contributed by atoms with Gasteiger partial charge in [-0.1, -0.05) is 75.8 Å². The van der Waals surface area contributed by atoms with Crippen LogP contribution >= 0.6 is 0 Å². The number of esters is 4. The summed E-state index contributed by atoms with van der Waals surface area (Å²) in [5, 5.41) is 0. The zero-order chi connectivity index (χ0) is 40.7. The predicted octanol–water partition coefficient (Wildman–Crippen LogP) is 10.1. The van der Waals surface area contributed by atoms with Crippen molar-refractivity contribution in [2.45, 2.75) is 96.8 Å². The summed E-state index contributed by atoms with van der Waals surface area (Å²) in [6.45, 7) is 10.6. The van der Waals surface area contributed by atoms with Crippen LogP contribution in [-0.2, 0) is 33.4 Å².